The number of carbonyl (C=O) groups excluding carboxylic acids is 2. The van der Waals surface area contributed by atoms with Crippen LogP contribution >= 0.6 is 0 Å². The van der Waals surface area contributed by atoms with Crippen molar-refractivity contribution in [1.29, 1.82) is 0 Å². The lowest BCUT2D eigenvalue weighted by atomic mass is 10.0. The molecule has 0 aliphatic heterocycles. The number of benzene rings is 1. The molecule has 0 amide bonds. The molecule has 1 aromatic carbocycles. The molecule has 276 valence electrons. The molecule has 0 aliphatic rings. The molecule has 0 aromatic heterocycles. The van der Waals surface area contributed by atoms with E-state index in [1.807, 2.05) is 36.4 Å². The van der Waals surface area contributed by atoms with Crippen LogP contribution in [-0.2, 0) is 19.1 Å². The maximum absolute atomic E-state index is 11.8. The van der Waals surface area contributed by atoms with Gasteiger partial charge in [0.2, 0.25) is 0 Å². The van der Waals surface area contributed by atoms with Crippen LogP contribution < -0.4 is 0 Å². The molecule has 1 aromatic rings. The summed E-state index contributed by atoms with van der Waals surface area (Å²) in [5.41, 5.74) is 1.17. The summed E-state index contributed by atoms with van der Waals surface area (Å²) in [6, 6.07) is 10.0. The van der Waals surface area contributed by atoms with E-state index < -0.39 is 11.9 Å². The molecule has 48 heavy (non-hydrogen) atoms. The topological polar surface area (TPSA) is 52.6 Å². The third-order valence-electron chi connectivity index (χ3n) is 8.88. The van der Waals surface area contributed by atoms with Crippen LogP contribution in [0, 0.1) is 0 Å². The predicted molar refractivity (Wildman–Crippen MR) is 208 cm³/mol. The van der Waals surface area contributed by atoms with E-state index in [0.717, 1.165) is 25.7 Å². The van der Waals surface area contributed by atoms with Gasteiger partial charge in [0.25, 0.3) is 0 Å². The van der Waals surface area contributed by atoms with E-state index in [-0.39, 0.29) is 0 Å². The predicted octanol–water partition coefficient (Wildman–Crippen LogP) is 13.9. The quantitative estimate of drug-likeness (QED) is 0.0425. The zero-order valence-electron chi connectivity index (χ0n) is 31.7. The third-order valence-corrected chi connectivity index (χ3v) is 8.88. The molecule has 4 heteroatoms. The number of rotatable bonds is 33. The summed E-state index contributed by atoms with van der Waals surface area (Å²) < 4.78 is 10.4. The van der Waals surface area contributed by atoms with Crippen molar-refractivity contribution < 1.29 is 19.1 Å². The Morgan fingerprint density at radius 1 is 0.458 bits per heavy atom. The van der Waals surface area contributed by atoms with Gasteiger partial charge in [0.05, 0.1) is 13.2 Å². The Labute approximate surface area is 297 Å². The van der Waals surface area contributed by atoms with Gasteiger partial charge in [0, 0.05) is 12.2 Å². The van der Waals surface area contributed by atoms with Gasteiger partial charge < -0.3 is 9.47 Å². The van der Waals surface area contributed by atoms with E-state index in [4.69, 9.17) is 9.47 Å². The van der Waals surface area contributed by atoms with E-state index in [9.17, 15) is 9.59 Å². The molecule has 0 saturated heterocycles. The van der Waals surface area contributed by atoms with Gasteiger partial charge in [-0.1, -0.05) is 224 Å². The summed E-state index contributed by atoms with van der Waals surface area (Å²) in [7, 11) is 0. The average molecular weight is 669 g/mol. The van der Waals surface area contributed by atoms with Crippen LogP contribution in [0.25, 0.3) is 6.08 Å². The van der Waals surface area contributed by atoms with E-state index >= 15 is 0 Å². The average Bonchev–Trinajstić information content (AvgIpc) is 3.11. The summed E-state index contributed by atoms with van der Waals surface area (Å²) in [4.78, 5) is 23.6. The van der Waals surface area contributed by atoms with Crippen LogP contribution in [0.1, 0.15) is 199 Å². The minimum atomic E-state index is -0.455. The van der Waals surface area contributed by atoms with Crippen LogP contribution in [0.3, 0.4) is 0 Å². The highest BCUT2D eigenvalue weighted by Crippen LogP contribution is 2.14. The van der Waals surface area contributed by atoms with Crippen molar-refractivity contribution >= 4 is 18.0 Å². The first-order valence-corrected chi connectivity index (χ1v) is 20.3. The highest BCUT2D eigenvalue weighted by molar-refractivity contribution is 5.91. The molecular weight excluding hydrogens is 592 g/mol. The second-order valence-electron chi connectivity index (χ2n) is 13.5. The molecule has 0 unspecified atom stereocenters. The standard InChI is InChI=1S/C36H68O4.C8H8/c1-3-5-7-9-11-13-15-17-19-21-23-25-27-29-33-39-35(37)31-32-36(38)40-34-30-28-26-24-22-20-18-16-14-12-10-8-6-4-2;1-2-8-6-4-3-5-7-8/h31-32H,3-30,33-34H2,1-2H3;2-7H,1H2/b32-31-;. The highest BCUT2D eigenvalue weighted by Gasteiger charge is 2.02. The first-order valence-electron chi connectivity index (χ1n) is 20.3. The molecule has 0 saturated carbocycles. The fourth-order valence-corrected chi connectivity index (χ4v) is 5.76. The molecule has 4 nitrogen and oxygen atoms in total. The van der Waals surface area contributed by atoms with Crippen molar-refractivity contribution in [1.82, 2.24) is 0 Å². The van der Waals surface area contributed by atoms with Crippen LogP contribution in [0.4, 0.5) is 0 Å². The smallest absolute Gasteiger partial charge is 0.331 e. The largest absolute Gasteiger partial charge is 0.463 e. The van der Waals surface area contributed by atoms with Crippen molar-refractivity contribution in [3.05, 3.63) is 54.6 Å². The number of ether oxygens (including phenoxy) is 2. The first kappa shape index (κ1) is 45.6. The number of hydrogen-bond acceptors (Lipinski definition) is 4. The Morgan fingerprint density at radius 3 is 0.979 bits per heavy atom. The fraction of sp³-hybridized carbons (Fsp3) is 0.727. The minimum Gasteiger partial charge on any atom is -0.463 e. The molecule has 1 rings (SSSR count). The van der Waals surface area contributed by atoms with Gasteiger partial charge in [0.1, 0.15) is 0 Å². The lowest BCUT2D eigenvalue weighted by Gasteiger charge is -2.04. The summed E-state index contributed by atoms with van der Waals surface area (Å²) in [6.07, 6.45) is 40.7. The van der Waals surface area contributed by atoms with Crippen molar-refractivity contribution in [2.45, 2.75) is 194 Å². The van der Waals surface area contributed by atoms with Gasteiger partial charge in [-0.05, 0) is 18.4 Å². The van der Waals surface area contributed by atoms with Gasteiger partial charge in [0.15, 0.2) is 0 Å². The molecular formula is C44H76O4. The van der Waals surface area contributed by atoms with Crippen LogP contribution in [0.2, 0.25) is 0 Å². The lowest BCUT2D eigenvalue weighted by Crippen LogP contribution is -2.06. The SMILES string of the molecule is C=Cc1ccccc1.CCCCCCCCCCCCCCCCOC(=O)/C=C\C(=O)OCCCCCCCCCCCCCCCC. The molecule has 0 fully saturated rings. The summed E-state index contributed by atoms with van der Waals surface area (Å²) >= 11 is 0. The highest BCUT2D eigenvalue weighted by atomic mass is 16.5. The van der Waals surface area contributed by atoms with Crippen molar-refractivity contribution in [2.24, 2.45) is 0 Å². The summed E-state index contributed by atoms with van der Waals surface area (Å²) in [6.45, 7) is 9.02. The van der Waals surface area contributed by atoms with Crippen molar-refractivity contribution in [3.63, 3.8) is 0 Å². The zero-order chi connectivity index (χ0) is 35.0. The lowest BCUT2D eigenvalue weighted by molar-refractivity contribution is -0.140. The van der Waals surface area contributed by atoms with E-state index in [1.54, 1.807) is 0 Å². The summed E-state index contributed by atoms with van der Waals surface area (Å²) in [5, 5.41) is 0. The van der Waals surface area contributed by atoms with E-state index in [0.29, 0.717) is 13.2 Å². The van der Waals surface area contributed by atoms with Gasteiger partial charge >= 0.3 is 11.9 Å². The van der Waals surface area contributed by atoms with Gasteiger partial charge in [-0.15, -0.1) is 0 Å². The summed E-state index contributed by atoms with van der Waals surface area (Å²) in [5.74, 6) is -0.911. The number of carbonyl (C=O) groups is 2. The number of unbranched alkanes of at least 4 members (excludes halogenated alkanes) is 26. The van der Waals surface area contributed by atoms with Crippen molar-refractivity contribution in [2.75, 3.05) is 13.2 Å². The van der Waals surface area contributed by atoms with E-state index in [2.05, 4.69) is 20.4 Å². The van der Waals surface area contributed by atoms with Crippen LogP contribution in [0.15, 0.2) is 49.1 Å². The Kier molecular flexibility index (Phi) is 37.2. The Hall–Kier alpha value is -2.36. The maximum Gasteiger partial charge on any atom is 0.331 e. The van der Waals surface area contributed by atoms with Crippen molar-refractivity contribution in [3.8, 4) is 0 Å². The molecule has 0 bridgehead atoms. The maximum atomic E-state index is 11.8. The molecule has 0 spiro atoms. The molecule has 0 aliphatic carbocycles. The second kappa shape index (κ2) is 39.1. The molecule has 0 atom stereocenters. The third kappa shape index (κ3) is 36.5. The number of esters is 2. The Balaban J connectivity index is 0.00000239. The van der Waals surface area contributed by atoms with Crippen LogP contribution in [-0.4, -0.2) is 25.2 Å². The van der Waals surface area contributed by atoms with Gasteiger partial charge in [-0.2, -0.15) is 0 Å². The fourth-order valence-electron chi connectivity index (χ4n) is 5.76. The monoisotopic (exact) mass is 669 g/mol. The molecule has 0 heterocycles. The molecule has 0 radical (unpaired) electrons. The van der Waals surface area contributed by atoms with Gasteiger partial charge in [-0.3, -0.25) is 0 Å². The Morgan fingerprint density at radius 2 is 0.729 bits per heavy atom. The normalized spacial score (nSPS) is 10.9. The second-order valence-corrected chi connectivity index (χ2v) is 13.5. The molecule has 0 N–H and O–H groups in total. The van der Waals surface area contributed by atoms with Gasteiger partial charge in [-0.25, -0.2) is 9.59 Å². The number of hydrogen-bond donors (Lipinski definition) is 0. The first-order chi connectivity index (χ1) is 23.6. The van der Waals surface area contributed by atoms with E-state index in [1.165, 1.54) is 172 Å². The minimum absolute atomic E-state index is 0.426. The zero-order valence-corrected chi connectivity index (χ0v) is 31.7. The Bertz CT molecular complexity index is 799. The van der Waals surface area contributed by atoms with Crippen LogP contribution in [0.5, 0.6) is 0 Å².